The number of imide groups is 1. The fraction of sp³-hybridized carbons (Fsp3) is 0.0800. The second kappa shape index (κ2) is 9.58. The van der Waals surface area contributed by atoms with E-state index in [0.29, 0.717) is 22.7 Å². The van der Waals surface area contributed by atoms with Crippen molar-refractivity contribution in [2.75, 3.05) is 17.7 Å². The lowest BCUT2D eigenvalue weighted by molar-refractivity contribution is -0.138. The van der Waals surface area contributed by atoms with Gasteiger partial charge in [0.2, 0.25) is 0 Å². The van der Waals surface area contributed by atoms with Gasteiger partial charge in [0.15, 0.2) is 0 Å². The number of carbonyl (C=O) groups excluding carboxylic acids is 3. The molecule has 33 heavy (non-hydrogen) atoms. The van der Waals surface area contributed by atoms with Crippen molar-refractivity contribution in [2.24, 2.45) is 0 Å². The Morgan fingerprint density at radius 2 is 1.64 bits per heavy atom. The average molecular weight is 462 g/mol. The molecule has 2 N–H and O–H groups in total. The molecule has 3 amide bonds. The topological polar surface area (TPSA) is 87.7 Å². The third kappa shape index (κ3) is 4.88. The molecule has 0 fully saturated rings. The summed E-state index contributed by atoms with van der Waals surface area (Å²) in [5, 5.41) is 5.53. The monoisotopic (exact) mass is 461 g/mol. The Morgan fingerprint density at radius 1 is 0.909 bits per heavy atom. The first-order valence-corrected chi connectivity index (χ1v) is 10.5. The highest BCUT2D eigenvalue weighted by Crippen LogP contribution is 2.27. The maximum Gasteiger partial charge on any atom is 0.279 e. The van der Waals surface area contributed by atoms with E-state index < -0.39 is 11.8 Å². The minimum atomic E-state index is -0.553. The highest BCUT2D eigenvalue weighted by Gasteiger charge is 2.37. The van der Waals surface area contributed by atoms with Gasteiger partial charge < -0.3 is 15.4 Å². The van der Waals surface area contributed by atoms with Crippen molar-refractivity contribution in [2.45, 2.75) is 6.54 Å². The van der Waals surface area contributed by atoms with Gasteiger partial charge in [0, 0.05) is 23.0 Å². The fourth-order valence-electron chi connectivity index (χ4n) is 3.32. The van der Waals surface area contributed by atoms with Gasteiger partial charge in [-0.25, -0.2) is 0 Å². The van der Waals surface area contributed by atoms with Gasteiger partial charge in [-0.15, -0.1) is 0 Å². The van der Waals surface area contributed by atoms with Crippen LogP contribution in [-0.2, 0) is 16.1 Å². The number of amides is 3. The molecular formula is C25H20ClN3O4. The van der Waals surface area contributed by atoms with Gasteiger partial charge in [0.25, 0.3) is 17.7 Å². The Kier molecular flexibility index (Phi) is 6.42. The molecule has 3 aromatic carbocycles. The molecule has 0 aromatic heterocycles. The van der Waals surface area contributed by atoms with Crippen molar-refractivity contribution < 1.29 is 19.1 Å². The summed E-state index contributed by atoms with van der Waals surface area (Å²) in [6, 6.07) is 22.7. The largest absolute Gasteiger partial charge is 0.497 e. The van der Waals surface area contributed by atoms with Crippen LogP contribution in [0.15, 0.2) is 89.6 Å². The van der Waals surface area contributed by atoms with Crippen LogP contribution in [0, 0.1) is 0 Å². The second-order valence-corrected chi connectivity index (χ2v) is 7.64. The molecule has 0 saturated heterocycles. The van der Waals surface area contributed by atoms with Crippen LogP contribution in [0.3, 0.4) is 0 Å². The molecular weight excluding hydrogens is 442 g/mol. The quantitative estimate of drug-likeness (QED) is 0.510. The van der Waals surface area contributed by atoms with Crippen molar-refractivity contribution >= 4 is 40.7 Å². The zero-order chi connectivity index (χ0) is 23.4. The van der Waals surface area contributed by atoms with Crippen molar-refractivity contribution in [1.29, 1.82) is 0 Å². The van der Waals surface area contributed by atoms with Crippen LogP contribution in [-0.4, -0.2) is 29.7 Å². The number of nitrogens with zero attached hydrogens (tertiary/aromatic N) is 1. The Balaban J connectivity index is 1.43. The Morgan fingerprint density at radius 3 is 2.33 bits per heavy atom. The van der Waals surface area contributed by atoms with Gasteiger partial charge in [0.1, 0.15) is 16.5 Å². The maximum absolute atomic E-state index is 12.8. The average Bonchev–Trinajstić information content (AvgIpc) is 3.03. The Hall–Kier alpha value is -4.10. The first kappa shape index (κ1) is 22.1. The number of hydrogen-bond donors (Lipinski definition) is 2. The number of halogens is 1. The van der Waals surface area contributed by atoms with E-state index in [1.165, 1.54) is 0 Å². The third-order valence-electron chi connectivity index (χ3n) is 5.04. The van der Waals surface area contributed by atoms with Crippen LogP contribution >= 0.6 is 11.6 Å². The number of hydrogen-bond acceptors (Lipinski definition) is 5. The molecule has 0 unspecified atom stereocenters. The van der Waals surface area contributed by atoms with E-state index in [9.17, 15) is 14.4 Å². The lowest BCUT2D eigenvalue weighted by Gasteiger charge is -2.15. The van der Waals surface area contributed by atoms with E-state index in [4.69, 9.17) is 16.3 Å². The fourth-order valence-corrected chi connectivity index (χ4v) is 3.55. The summed E-state index contributed by atoms with van der Waals surface area (Å²) >= 11 is 6.16. The van der Waals surface area contributed by atoms with Crippen molar-refractivity contribution in [1.82, 2.24) is 4.90 Å². The number of nitrogens with one attached hydrogen (secondary N) is 2. The zero-order valence-corrected chi connectivity index (χ0v) is 18.4. The molecule has 0 saturated carbocycles. The lowest BCUT2D eigenvalue weighted by atomic mass is 10.2. The highest BCUT2D eigenvalue weighted by molar-refractivity contribution is 6.48. The van der Waals surface area contributed by atoms with E-state index in [1.54, 1.807) is 55.6 Å². The molecule has 8 heteroatoms. The van der Waals surface area contributed by atoms with Crippen LogP contribution in [0.2, 0.25) is 0 Å². The summed E-state index contributed by atoms with van der Waals surface area (Å²) in [6.07, 6.45) is 0. The van der Waals surface area contributed by atoms with Crippen LogP contribution in [0.5, 0.6) is 5.75 Å². The van der Waals surface area contributed by atoms with Gasteiger partial charge in [-0.3, -0.25) is 19.3 Å². The van der Waals surface area contributed by atoms with Crippen LogP contribution < -0.4 is 15.4 Å². The molecule has 0 aliphatic carbocycles. The van der Waals surface area contributed by atoms with Crippen LogP contribution in [0.25, 0.3) is 0 Å². The first-order chi connectivity index (χ1) is 16.0. The normalized spacial score (nSPS) is 13.3. The minimum absolute atomic E-state index is 0.00572. The summed E-state index contributed by atoms with van der Waals surface area (Å²) in [4.78, 5) is 38.9. The zero-order valence-electron chi connectivity index (χ0n) is 17.7. The number of methoxy groups -OCH3 is 1. The Labute approximate surface area is 195 Å². The van der Waals surface area contributed by atoms with Gasteiger partial charge >= 0.3 is 0 Å². The summed E-state index contributed by atoms with van der Waals surface area (Å²) in [5.41, 5.74) is 2.36. The molecule has 0 atom stereocenters. The molecule has 1 aliphatic rings. The molecule has 0 spiro atoms. The van der Waals surface area contributed by atoms with Gasteiger partial charge in [-0.05, 0) is 42.0 Å². The molecule has 4 rings (SSSR count). The van der Waals surface area contributed by atoms with Crippen molar-refractivity contribution in [3.8, 4) is 5.75 Å². The second-order valence-electron chi connectivity index (χ2n) is 7.26. The molecule has 1 aliphatic heterocycles. The van der Waals surface area contributed by atoms with Gasteiger partial charge in [0.05, 0.1) is 13.7 Å². The highest BCUT2D eigenvalue weighted by atomic mass is 35.5. The third-order valence-corrected chi connectivity index (χ3v) is 5.39. The van der Waals surface area contributed by atoms with E-state index in [0.717, 1.165) is 10.5 Å². The lowest BCUT2D eigenvalue weighted by Crippen LogP contribution is -2.31. The summed E-state index contributed by atoms with van der Waals surface area (Å²) < 4.78 is 5.16. The standard InChI is InChI=1S/C25H20ClN3O4/c1-33-20-9-5-8-19(14-20)28-23(30)17-10-12-18(13-11-17)27-22-21(26)24(31)29(25(22)32)15-16-6-3-2-4-7-16/h2-14,27H,15H2,1H3,(H,28,30). The number of ether oxygens (including phenoxy) is 1. The van der Waals surface area contributed by atoms with E-state index >= 15 is 0 Å². The predicted octanol–water partition coefficient (Wildman–Crippen LogP) is 4.38. The first-order valence-electron chi connectivity index (χ1n) is 10.1. The van der Waals surface area contributed by atoms with E-state index in [-0.39, 0.29) is 23.2 Å². The van der Waals surface area contributed by atoms with Crippen LogP contribution in [0.4, 0.5) is 11.4 Å². The Bertz CT molecular complexity index is 1240. The number of benzene rings is 3. The van der Waals surface area contributed by atoms with Gasteiger partial charge in [-0.1, -0.05) is 48.0 Å². The smallest absolute Gasteiger partial charge is 0.279 e. The van der Waals surface area contributed by atoms with E-state index in [1.807, 2.05) is 30.3 Å². The summed E-state index contributed by atoms with van der Waals surface area (Å²) in [7, 11) is 1.55. The molecule has 0 bridgehead atoms. The SMILES string of the molecule is COc1cccc(NC(=O)c2ccc(NC3=C(Cl)C(=O)N(Cc4ccccc4)C3=O)cc2)c1. The number of carbonyl (C=O) groups is 3. The molecule has 7 nitrogen and oxygen atoms in total. The molecule has 3 aromatic rings. The molecule has 1 heterocycles. The van der Waals surface area contributed by atoms with Crippen molar-refractivity contribution in [3.05, 3.63) is 101 Å². The summed E-state index contributed by atoms with van der Waals surface area (Å²) in [5.74, 6) is -0.723. The summed E-state index contributed by atoms with van der Waals surface area (Å²) in [6.45, 7) is 0.128. The molecule has 166 valence electrons. The van der Waals surface area contributed by atoms with Crippen molar-refractivity contribution in [3.63, 3.8) is 0 Å². The number of anilines is 2. The predicted molar refractivity (Wildman–Crippen MR) is 126 cm³/mol. The molecule has 0 radical (unpaired) electrons. The van der Waals surface area contributed by atoms with E-state index in [2.05, 4.69) is 10.6 Å². The minimum Gasteiger partial charge on any atom is -0.497 e. The maximum atomic E-state index is 12.8. The number of rotatable bonds is 7. The van der Waals surface area contributed by atoms with Crippen LogP contribution in [0.1, 0.15) is 15.9 Å². The van der Waals surface area contributed by atoms with Gasteiger partial charge in [-0.2, -0.15) is 0 Å².